The van der Waals surface area contributed by atoms with E-state index < -0.39 is 11.6 Å². The Morgan fingerprint density at radius 2 is 1.89 bits per heavy atom. The molecule has 0 aliphatic carbocycles. The van der Waals surface area contributed by atoms with Crippen LogP contribution in [-0.4, -0.2) is 87.7 Å². The Balaban J connectivity index is 1.83. The minimum absolute atomic E-state index is 0.141. The van der Waals surface area contributed by atoms with Crippen molar-refractivity contribution in [3.05, 3.63) is 41.7 Å². The van der Waals surface area contributed by atoms with E-state index in [2.05, 4.69) is 4.99 Å². The highest BCUT2D eigenvalue weighted by Crippen LogP contribution is 2.31. The molecule has 1 saturated heterocycles. The first-order valence-corrected chi connectivity index (χ1v) is 12.2. The first-order chi connectivity index (χ1) is 17.6. The molecule has 0 spiro atoms. The van der Waals surface area contributed by atoms with Crippen LogP contribution < -0.4 is 0 Å². The molecule has 0 radical (unpaired) electrons. The van der Waals surface area contributed by atoms with Crippen LogP contribution >= 0.6 is 0 Å². The number of carbonyl (C=O) groups is 2. The topological polar surface area (TPSA) is 115 Å². The summed E-state index contributed by atoms with van der Waals surface area (Å²) in [4.78, 5) is 43.2. The highest BCUT2D eigenvalue weighted by molar-refractivity contribution is 6.02. The molecule has 1 fully saturated rings. The van der Waals surface area contributed by atoms with Crippen LogP contribution in [0, 0.1) is 0 Å². The van der Waals surface area contributed by atoms with Crippen molar-refractivity contribution in [2.75, 3.05) is 34.3 Å². The number of nitrogens with zero attached hydrogens (tertiary/aromatic N) is 7. The molecule has 196 valence electrons. The second kappa shape index (κ2) is 10.5. The Labute approximate surface area is 216 Å². The summed E-state index contributed by atoms with van der Waals surface area (Å²) in [6, 6.07) is 9.35. The molecule has 11 heteroatoms. The van der Waals surface area contributed by atoms with Gasteiger partial charge in [0, 0.05) is 38.7 Å². The molecule has 1 aliphatic heterocycles. The maximum Gasteiger partial charge on any atom is 0.410 e. The maximum absolute atomic E-state index is 13.0. The number of hydrogen-bond donors (Lipinski definition) is 0. The summed E-state index contributed by atoms with van der Waals surface area (Å²) in [5, 5.41) is 4.72. The Bertz CT molecular complexity index is 1310. The van der Waals surface area contributed by atoms with Crippen molar-refractivity contribution < 1.29 is 19.1 Å². The van der Waals surface area contributed by atoms with Gasteiger partial charge in [0.2, 0.25) is 0 Å². The smallest absolute Gasteiger partial charge is 0.410 e. The lowest BCUT2D eigenvalue weighted by molar-refractivity contribution is 0.0196. The summed E-state index contributed by atoms with van der Waals surface area (Å²) in [7, 11) is 5.02. The van der Waals surface area contributed by atoms with Crippen LogP contribution in [0.5, 0.6) is 0 Å². The van der Waals surface area contributed by atoms with Gasteiger partial charge in [-0.15, -0.1) is 5.10 Å². The maximum atomic E-state index is 13.0. The molecule has 4 rings (SSSR count). The monoisotopic (exact) mass is 507 g/mol. The minimum atomic E-state index is -0.584. The van der Waals surface area contributed by atoms with Crippen LogP contribution in [-0.2, 0) is 9.47 Å². The van der Waals surface area contributed by atoms with Crippen molar-refractivity contribution >= 4 is 30.0 Å². The average molecular weight is 508 g/mol. The van der Waals surface area contributed by atoms with Crippen molar-refractivity contribution in [2.24, 2.45) is 4.99 Å². The fourth-order valence-corrected chi connectivity index (χ4v) is 4.14. The number of aromatic nitrogens is 4. The standard InChI is InChI=1S/C26H33N7O4/c1-26(2,3)37-25(35)32-14-10-13-18(15-32)21-29-22-19(23(34)36-6)20(17-11-8-7-9-12-17)28-24(33(22)30-21)27-16-31(4)5/h7-9,11-12,16,18H,10,13-15H2,1-6H3/t18-/m1/s1. The predicted octanol–water partition coefficient (Wildman–Crippen LogP) is 3.91. The van der Waals surface area contributed by atoms with E-state index in [1.807, 2.05) is 65.2 Å². The fraction of sp³-hybridized carbons (Fsp3) is 0.462. The number of fused-ring (bicyclic) bond motifs is 1. The Kier molecular flexibility index (Phi) is 7.42. The zero-order chi connectivity index (χ0) is 26.7. The number of piperidine rings is 1. The lowest BCUT2D eigenvalue weighted by Crippen LogP contribution is -2.42. The van der Waals surface area contributed by atoms with Crippen molar-refractivity contribution in [1.29, 1.82) is 0 Å². The molecule has 1 aromatic carbocycles. The molecule has 37 heavy (non-hydrogen) atoms. The number of hydrogen-bond acceptors (Lipinski definition) is 8. The van der Waals surface area contributed by atoms with Gasteiger partial charge in [-0.05, 0) is 33.6 Å². The van der Waals surface area contributed by atoms with Crippen LogP contribution in [0.2, 0.25) is 0 Å². The van der Waals surface area contributed by atoms with Gasteiger partial charge in [0.05, 0.1) is 19.1 Å². The van der Waals surface area contributed by atoms with Crippen molar-refractivity contribution in [2.45, 2.75) is 45.1 Å². The van der Waals surface area contributed by atoms with Gasteiger partial charge in [0.1, 0.15) is 11.2 Å². The normalized spacial score (nSPS) is 16.3. The third-order valence-electron chi connectivity index (χ3n) is 5.76. The molecule has 0 unspecified atom stereocenters. The van der Waals surface area contributed by atoms with E-state index in [0.717, 1.165) is 18.4 Å². The number of aliphatic imine (C=N–C) groups is 1. The van der Waals surface area contributed by atoms with Gasteiger partial charge in [-0.2, -0.15) is 4.52 Å². The number of ether oxygens (including phenoxy) is 2. The molecule has 1 atom stereocenters. The summed E-state index contributed by atoms with van der Waals surface area (Å²) in [5.74, 6) is 0.0653. The number of carbonyl (C=O) groups excluding carboxylic acids is 2. The summed E-state index contributed by atoms with van der Waals surface area (Å²) in [6.07, 6.45) is 2.82. The van der Waals surface area contributed by atoms with Crippen LogP contribution in [0.15, 0.2) is 35.3 Å². The van der Waals surface area contributed by atoms with Crippen molar-refractivity contribution in [3.63, 3.8) is 0 Å². The highest BCUT2D eigenvalue weighted by atomic mass is 16.6. The zero-order valence-electron chi connectivity index (χ0n) is 22.1. The minimum Gasteiger partial charge on any atom is -0.465 e. The van der Waals surface area contributed by atoms with Gasteiger partial charge >= 0.3 is 12.1 Å². The number of rotatable bonds is 5. The van der Waals surface area contributed by atoms with Crippen molar-refractivity contribution in [1.82, 2.24) is 29.4 Å². The van der Waals surface area contributed by atoms with E-state index in [-0.39, 0.29) is 23.5 Å². The van der Waals surface area contributed by atoms with Gasteiger partial charge in [-0.25, -0.2) is 24.5 Å². The molecule has 1 aliphatic rings. The lowest BCUT2D eigenvalue weighted by Gasteiger charge is -2.33. The zero-order valence-corrected chi connectivity index (χ0v) is 22.1. The number of esters is 1. The Hall–Kier alpha value is -4.02. The van der Waals surface area contributed by atoms with Gasteiger partial charge < -0.3 is 19.3 Å². The van der Waals surface area contributed by atoms with Gasteiger partial charge in [-0.3, -0.25) is 0 Å². The van der Waals surface area contributed by atoms with Crippen LogP contribution in [0.1, 0.15) is 55.7 Å². The average Bonchev–Trinajstić information content (AvgIpc) is 3.31. The molecule has 11 nitrogen and oxygen atoms in total. The van der Waals surface area contributed by atoms with Crippen LogP contribution in [0.3, 0.4) is 0 Å². The summed E-state index contributed by atoms with van der Waals surface area (Å²) < 4.78 is 12.2. The largest absolute Gasteiger partial charge is 0.465 e. The molecular formula is C26H33N7O4. The molecule has 1 amide bonds. The molecule has 0 saturated carbocycles. The number of benzene rings is 1. The second-order valence-electron chi connectivity index (χ2n) is 10.2. The Morgan fingerprint density at radius 1 is 1.16 bits per heavy atom. The number of methoxy groups -OCH3 is 1. The molecular weight excluding hydrogens is 474 g/mol. The van der Waals surface area contributed by atoms with E-state index in [4.69, 9.17) is 24.5 Å². The fourth-order valence-electron chi connectivity index (χ4n) is 4.14. The third-order valence-corrected chi connectivity index (χ3v) is 5.76. The van der Waals surface area contributed by atoms with Crippen molar-refractivity contribution in [3.8, 4) is 11.3 Å². The number of likely N-dealkylation sites (tertiary alicyclic amines) is 1. The van der Waals surface area contributed by atoms with E-state index in [9.17, 15) is 9.59 Å². The summed E-state index contributed by atoms with van der Waals surface area (Å²) >= 11 is 0. The lowest BCUT2D eigenvalue weighted by atomic mass is 9.98. The van der Waals surface area contributed by atoms with Gasteiger partial charge in [0.25, 0.3) is 5.95 Å². The Morgan fingerprint density at radius 3 is 2.54 bits per heavy atom. The first-order valence-electron chi connectivity index (χ1n) is 12.2. The number of amides is 1. The van der Waals surface area contributed by atoms with E-state index in [1.54, 1.807) is 16.1 Å². The van der Waals surface area contributed by atoms with Gasteiger partial charge in [-0.1, -0.05) is 30.3 Å². The van der Waals surface area contributed by atoms with E-state index in [0.29, 0.717) is 30.3 Å². The predicted molar refractivity (Wildman–Crippen MR) is 139 cm³/mol. The van der Waals surface area contributed by atoms with Crippen LogP contribution in [0.4, 0.5) is 10.7 Å². The highest BCUT2D eigenvalue weighted by Gasteiger charge is 2.32. The quantitative estimate of drug-likeness (QED) is 0.290. The molecule has 0 N–H and O–H groups in total. The molecule has 0 bridgehead atoms. The van der Waals surface area contributed by atoms with Crippen LogP contribution in [0.25, 0.3) is 16.9 Å². The molecule has 3 aromatic rings. The van der Waals surface area contributed by atoms with Gasteiger partial charge in [0.15, 0.2) is 11.5 Å². The second-order valence-corrected chi connectivity index (χ2v) is 10.2. The first kappa shape index (κ1) is 26.1. The SMILES string of the molecule is COC(=O)c1c(-c2ccccc2)nc(N=CN(C)C)n2nc([C@@H]3CCCN(C(=O)OC(C)(C)C)C3)nc12. The summed E-state index contributed by atoms with van der Waals surface area (Å²) in [6.45, 7) is 6.55. The van der Waals surface area contributed by atoms with E-state index in [1.165, 1.54) is 11.6 Å². The molecule has 3 heterocycles. The summed E-state index contributed by atoms with van der Waals surface area (Å²) in [5.41, 5.74) is 1.06. The third kappa shape index (κ3) is 5.87. The van der Waals surface area contributed by atoms with E-state index >= 15 is 0 Å². The molecule has 2 aromatic heterocycles.